The zero-order valence-electron chi connectivity index (χ0n) is 21.9. The molecule has 0 radical (unpaired) electrons. The van der Waals surface area contributed by atoms with Crippen LogP contribution >= 0.6 is 0 Å². The molecule has 1 aliphatic rings. The molecule has 1 aromatic heterocycles. The standard InChI is InChI=1S/C29H29F3N6O/c1-17-4-5-19(13-23(17)18-6-8-24-20(12-18)15-34-28(33)36-24)27(39)35-25-14-21(29(30,31)32)7-9-26(25)38-11-10-22(16-38)37(2)3/h4-9,12-15,22H,10-11,16H2,1-3H3,(H,35,39)(H2,33,34,36). The second-order valence-electron chi connectivity index (χ2n) is 10.1. The van der Waals surface area contributed by atoms with Gasteiger partial charge in [0, 0.05) is 36.3 Å². The van der Waals surface area contributed by atoms with Crippen molar-refractivity contribution in [3.8, 4) is 11.1 Å². The molecule has 202 valence electrons. The predicted molar refractivity (Wildman–Crippen MR) is 148 cm³/mol. The second kappa shape index (κ2) is 10.2. The molecule has 4 aromatic rings. The number of nitrogens with two attached hydrogens (primary N) is 1. The summed E-state index contributed by atoms with van der Waals surface area (Å²) in [6.07, 6.45) is -2.01. The first-order valence-corrected chi connectivity index (χ1v) is 12.6. The number of hydrogen-bond donors (Lipinski definition) is 2. The van der Waals surface area contributed by atoms with E-state index in [1.807, 2.05) is 50.2 Å². The van der Waals surface area contributed by atoms with Gasteiger partial charge in [0.25, 0.3) is 5.91 Å². The van der Waals surface area contributed by atoms with E-state index >= 15 is 0 Å². The molecule has 7 nitrogen and oxygen atoms in total. The van der Waals surface area contributed by atoms with Gasteiger partial charge < -0.3 is 20.9 Å². The fraction of sp³-hybridized carbons (Fsp3) is 0.276. The van der Waals surface area contributed by atoms with Crippen molar-refractivity contribution >= 4 is 34.1 Å². The van der Waals surface area contributed by atoms with Crippen LogP contribution in [0.5, 0.6) is 0 Å². The van der Waals surface area contributed by atoms with Crippen molar-refractivity contribution in [2.24, 2.45) is 0 Å². The average Bonchev–Trinajstić information content (AvgIpc) is 3.39. The van der Waals surface area contributed by atoms with Crippen molar-refractivity contribution in [2.45, 2.75) is 25.6 Å². The average molecular weight is 535 g/mol. The Kier molecular flexibility index (Phi) is 6.90. The monoisotopic (exact) mass is 534 g/mol. The lowest BCUT2D eigenvalue weighted by atomic mass is 9.97. The first-order valence-electron chi connectivity index (χ1n) is 12.6. The Morgan fingerprint density at radius 1 is 1.10 bits per heavy atom. The number of nitrogen functional groups attached to an aromatic ring is 1. The van der Waals surface area contributed by atoms with Crippen molar-refractivity contribution in [2.75, 3.05) is 43.1 Å². The zero-order chi connectivity index (χ0) is 27.9. The molecule has 1 aliphatic heterocycles. The number of alkyl halides is 3. The van der Waals surface area contributed by atoms with E-state index in [0.717, 1.165) is 40.6 Å². The topological polar surface area (TPSA) is 87.4 Å². The van der Waals surface area contributed by atoms with Crippen LogP contribution in [0.1, 0.15) is 27.9 Å². The van der Waals surface area contributed by atoms with Gasteiger partial charge in [0.05, 0.1) is 22.5 Å². The van der Waals surface area contributed by atoms with Crippen LogP contribution in [-0.2, 0) is 6.18 Å². The van der Waals surface area contributed by atoms with Gasteiger partial charge in [-0.15, -0.1) is 0 Å². The van der Waals surface area contributed by atoms with Crippen molar-refractivity contribution in [3.05, 3.63) is 77.5 Å². The van der Waals surface area contributed by atoms with E-state index < -0.39 is 17.6 Å². The van der Waals surface area contributed by atoms with Crippen LogP contribution in [0.15, 0.2) is 60.8 Å². The van der Waals surface area contributed by atoms with Crippen molar-refractivity contribution in [3.63, 3.8) is 0 Å². The summed E-state index contributed by atoms with van der Waals surface area (Å²) in [5, 5.41) is 3.56. The van der Waals surface area contributed by atoms with Gasteiger partial charge >= 0.3 is 6.18 Å². The van der Waals surface area contributed by atoms with Crippen LogP contribution in [0.3, 0.4) is 0 Å². The number of halogens is 3. The summed E-state index contributed by atoms with van der Waals surface area (Å²) in [6, 6.07) is 14.7. The van der Waals surface area contributed by atoms with Gasteiger partial charge in [0.15, 0.2) is 0 Å². The van der Waals surface area contributed by atoms with Crippen LogP contribution < -0.4 is 16.0 Å². The molecule has 0 saturated carbocycles. The van der Waals surface area contributed by atoms with Crippen molar-refractivity contribution < 1.29 is 18.0 Å². The number of carbonyl (C=O) groups excluding carboxylic acids is 1. The Bertz CT molecular complexity index is 1550. The van der Waals surface area contributed by atoms with Crippen LogP contribution in [0.4, 0.5) is 30.5 Å². The lowest BCUT2D eigenvalue weighted by Crippen LogP contribution is -2.31. The number of likely N-dealkylation sites (N-methyl/N-ethyl adjacent to an activating group) is 1. The second-order valence-corrected chi connectivity index (χ2v) is 10.1. The predicted octanol–water partition coefficient (Wildman–Crippen LogP) is 5.60. The number of fused-ring (bicyclic) bond motifs is 1. The van der Waals surface area contributed by atoms with E-state index in [1.165, 1.54) is 6.07 Å². The third kappa shape index (κ3) is 5.51. The molecule has 1 fully saturated rings. The molecule has 0 aliphatic carbocycles. The quantitative estimate of drug-likeness (QED) is 0.347. The number of amides is 1. The zero-order valence-corrected chi connectivity index (χ0v) is 21.9. The molecule has 0 spiro atoms. The van der Waals surface area contributed by atoms with Crippen LogP contribution in [0.25, 0.3) is 22.0 Å². The Hall–Kier alpha value is -4.18. The fourth-order valence-electron chi connectivity index (χ4n) is 4.95. The first kappa shape index (κ1) is 26.4. The Labute approximate surface area is 224 Å². The van der Waals surface area contributed by atoms with E-state index in [0.29, 0.717) is 29.9 Å². The number of aryl methyl sites for hydroxylation is 1. The minimum Gasteiger partial charge on any atom is -0.368 e. The van der Waals surface area contributed by atoms with Gasteiger partial charge in [-0.2, -0.15) is 13.2 Å². The molecule has 1 saturated heterocycles. The highest BCUT2D eigenvalue weighted by molar-refractivity contribution is 6.07. The Balaban J connectivity index is 1.47. The highest BCUT2D eigenvalue weighted by Gasteiger charge is 2.33. The van der Waals surface area contributed by atoms with E-state index in [9.17, 15) is 18.0 Å². The Morgan fingerprint density at radius 2 is 1.90 bits per heavy atom. The summed E-state index contributed by atoms with van der Waals surface area (Å²) >= 11 is 0. The number of nitrogens with zero attached hydrogens (tertiary/aromatic N) is 4. The fourth-order valence-corrected chi connectivity index (χ4v) is 4.95. The van der Waals surface area contributed by atoms with Gasteiger partial charge in [-0.1, -0.05) is 12.1 Å². The number of hydrogen-bond acceptors (Lipinski definition) is 6. The lowest BCUT2D eigenvalue weighted by molar-refractivity contribution is -0.137. The maximum Gasteiger partial charge on any atom is 0.416 e. The number of nitrogens with one attached hydrogen (secondary N) is 1. The Morgan fingerprint density at radius 3 is 2.62 bits per heavy atom. The number of anilines is 3. The summed E-state index contributed by atoms with van der Waals surface area (Å²) in [5.41, 5.74) is 9.23. The third-order valence-corrected chi connectivity index (χ3v) is 7.22. The van der Waals surface area contributed by atoms with Crippen LogP contribution in [-0.4, -0.2) is 54.0 Å². The molecule has 1 unspecified atom stereocenters. The first-order chi connectivity index (χ1) is 18.5. The molecule has 1 amide bonds. The van der Waals surface area contributed by atoms with Gasteiger partial charge in [-0.25, -0.2) is 9.97 Å². The molecule has 0 bridgehead atoms. The summed E-state index contributed by atoms with van der Waals surface area (Å²) in [6.45, 7) is 3.27. The van der Waals surface area contributed by atoms with E-state index in [4.69, 9.17) is 5.73 Å². The molecular weight excluding hydrogens is 505 g/mol. The number of benzene rings is 3. The van der Waals surface area contributed by atoms with E-state index in [2.05, 4.69) is 20.2 Å². The van der Waals surface area contributed by atoms with E-state index in [1.54, 1.807) is 18.3 Å². The molecule has 3 aromatic carbocycles. The minimum absolute atomic E-state index is 0.136. The summed E-state index contributed by atoms with van der Waals surface area (Å²) in [5.74, 6) is -0.303. The van der Waals surface area contributed by atoms with E-state index in [-0.39, 0.29) is 17.7 Å². The van der Waals surface area contributed by atoms with Gasteiger partial charge in [-0.3, -0.25) is 4.79 Å². The number of carbonyl (C=O) groups is 1. The third-order valence-electron chi connectivity index (χ3n) is 7.22. The van der Waals surface area contributed by atoms with Crippen LogP contribution in [0.2, 0.25) is 0 Å². The molecular formula is C29H29F3N6O. The normalized spacial score (nSPS) is 15.8. The number of rotatable bonds is 5. The highest BCUT2D eigenvalue weighted by Crippen LogP contribution is 2.37. The van der Waals surface area contributed by atoms with Gasteiger partial charge in [0.1, 0.15) is 0 Å². The summed E-state index contributed by atoms with van der Waals surface area (Å²) in [7, 11) is 3.97. The van der Waals surface area contributed by atoms with Crippen LogP contribution in [0, 0.1) is 6.92 Å². The highest BCUT2D eigenvalue weighted by atomic mass is 19.4. The molecule has 3 N–H and O–H groups in total. The molecule has 2 heterocycles. The maximum absolute atomic E-state index is 13.6. The van der Waals surface area contributed by atoms with Crippen molar-refractivity contribution in [1.82, 2.24) is 14.9 Å². The number of aromatic nitrogens is 2. The lowest BCUT2D eigenvalue weighted by Gasteiger charge is -2.25. The molecule has 10 heteroatoms. The maximum atomic E-state index is 13.6. The summed E-state index contributed by atoms with van der Waals surface area (Å²) in [4.78, 5) is 25.8. The van der Waals surface area contributed by atoms with Gasteiger partial charge in [0.2, 0.25) is 5.95 Å². The SMILES string of the molecule is Cc1ccc(C(=O)Nc2cc(C(F)(F)F)ccc2N2CCC(N(C)C)C2)cc1-c1ccc2nc(N)ncc2c1. The van der Waals surface area contributed by atoms with Crippen molar-refractivity contribution in [1.29, 1.82) is 0 Å². The largest absolute Gasteiger partial charge is 0.416 e. The van der Waals surface area contributed by atoms with Gasteiger partial charge in [-0.05, 0) is 86.6 Å². The minimum atomic E-state index is -4.53. The molecule has 5 rings (SSSR count). The smallest absolute Gasteiger partial charge is 0.368 e. The molecule has 1 atom stereocenters. The molecule has 39 heavy (non-hydrogen) atoms. The summed E-state index contributed by atoms with van der Waals surface area (Å²) < 4.78 is 40.7.